The van der Waals surface area contributed by atoms with Crippen LogP contribution in [0.3, 0.4) is 0 Å². The van der Waals surface area contributed by atoms with E-state index in [9.17, 15) is 0 Å². The molecule has 1 atom stereocenters. The molecule has 0 radical (unpaired) electrons. The third kappa shape index (κ3) is 2.99. The van der Waals surface area contributed by atoms with Gasteiger partial charge in [0.2, 0.25) is 0 Å². The second-order valence-electron chi connectivity index (χ2n) is 4.57. The smallest absolute Gasteiger partial charge is 0.118 e. The fourth-order valence-electron chi connectivity index (χ4n) is 1.93. The van der Waals surface area contributed by atoms with Gasteiger partial charge in [0.15, 0.2) is 0 Å². The molecule has 0 N–H and O–H groups in total. The Morgan fingerprint density at radius 3 is 2.61 bits per heavy atom. The first-order valence-corrected chi connectivity index (χ1v) is 6.39. The minimum atomic E-state index is 0.279. The molecule has 2 heterocycles. The third-order valence-corrected chi connectivity index (χ3v) is 3.25. The summed E-state index contributed by atoms with van der Waals surface area (Å²) in [6, 6.07) is 10.4. The predicted molar refractivity (Wildman–Crippen MR) is 72.2 cm³/mol. The minimum Gasteiger partial charge on any atom is -0.465 e. The number of hydrogen-bond acceptors (Lipinski definition) is 3. The van der Waals surface area contributed by atoms with Crippen LogP contribution < -0.4 is 0 Å². The second-order valence-corrected chi connectivity index (χ2v) is 4.57. The molecular formula is C15H20N2O. The lowest BCUT2D eigenvalue weighted by Crippen LogP contribution is -2.22. The largest absolute Gasteiger partial charge is 0.465 e. The average molecular weight is 244 g/mol. The molecule has 18 heavy (non-hydrogen) atoms. The van der Waals surface area contributed by atoms with E-state index in [2.05, 4.69) is 49.0 Å². The van der Waals surface area contributed by atoms with Crippen LogP contribution in [0.1, 0.15) is 37.1 Å². The zero-order chi connectivity index (χ0) is 13.0. The van der Waals surface area contributed by atoms with Crippen molar-refractivity contribution in [1.29, 1.82) is 0 Å². The molecule has 0 spiro atoms. The number of aryl methyl sites for hydroxylation is 1. The lowest BCUT2D eigenvalue weighted by atomic mass is 10.2. The Kier molecular flexibility index (Phi) is 4.15. The average Bonchev–Trinajstić information content (AvgIpc) is 2.86. The fraction of sp³-hybridized carbons (Fsp3) is 0.400. The molecule has 0 bridgehead atoms. The Morgan fingerprint density at radius 2 is 2.00 bits per heavy atom. The highest BCUT2D eigenvalue weighted by molar-refractivity contribution is 5.10. The maximum absolute atomic E-state index is 5.73. The van der Waals surface area contributed by atoms with E-state index in [-0.39, 0.29) is 6.04 Å². The van der Waals surface area contributed by atoms with Crippen LogP contribution in [-0.4, -0.2) is 16.9 Å². The maximum Gasteiger partial charge on any atom is 0.118 e. The molecule has 0 fully saturated rings. The fourth-order valence-corrected chi connectivity index (χ4v) is 1.93. The van der Waals surface area contributed by atoms with Gasteiger partial charge in [0, 0.05) is 18.7 Å². The van der Waals surface area contributed by atoms with Gasteiger partial charge in [-0.05, 0) is 38.2 Å². The molecule has 0 aromatic carbocycles. The van der Waals surface area contributed by atoms with Gasteiger partial charge in [-0.1, -0.05) is 13.0 Å². The molecule has 2 aromatic rings. The molecule has 3 heteroatoms. The maximum atomic E-state index is 5.73. The first-order chi connectivity index (χ1) is 8.70. The number of aromatic nitrogens is 1. The second kappa shape index (κ2) is 5.83. The molecule has 2 rings (SSSR count). The SMILES string of the molecule is CCc1ccc(CN(C)[C@@H](C)c2ccccn2)o1. The lowest BCUT2D eigenvalue weighted by molar-refractivity contribution is 0.227. The Hall–Kier alpha value is -1.61. The third-order valence-electron chi connectivity index (χ3n) is 3.25. The van der Waals surface area contributed by atoms with Crippen molar-refractivity contribution in [3.8, 4) is 0 Å². The Balaban J connectivity index is 2.01. The molecule has 0 amide bonds. The van der Waals surface area contributed by atoms with Crippen molar-refractivity contribution in [2.45, 2.75) is 32.9 Å². The van der Waals surface area contributed by atoms with Crippen LogP contribution in [0.25, 0.3) is 0 Å². The van der Waals surface area contributed by atoms with Crippen LogP contribution in [-0.2, 0) is 13.0 Å². The standard InChI is InChI=1S/C15H20N2O/c1-4-13-8-9-14(18-13)11-17(3)12(2)15-7-5-6-10-16-15/h5-10,12H,4,11H2,1-3H3/t12-/m0/s1. The van der Waals surface area contributed by atoms with Gasteiger partial charge in [-0.15, -0.1) is 0 Å². The van der Waals surface area contributed by atoms with E-state index in [1.54, 1.807) is 0 Å². The van der Waals surface area contributed by atoms with Crippen molar-refractivity contribution in [2.24, 2.45) is 0 Å². The molecule has 0 unspecified atom stereocenters. The predicted octanol–water partition coefficient (Wildman–Crippen LogP) is 3.43. The minimum absolute atomic E-state index is 0.279. The molecule has 0 saturated heterocycles. The van der Waals surface area contributed by atoms with E-state index in [1.807, 2.05) is 18.3 Å². The van der Waals surface area contributed by atoms with Crippen LogP contribution in [0.5, 0.6) is 0 Å². The zero-order valence-electron chi connectivity index (χ0n) is 11.3. The molecule has 96 valence electrons. The van der Waals surface area contributed by atoms with Gasteiger partial charge < -0.3 is 4.42 Å². The van der Waals surface area contributed by atoms with Crippen molar-refractivity contribution >= 4 is 0 Å². The first-order valence-electron chi connectivity index (χ1n) is 6.39. The Morgan fingerprint density at radius 1 is 1.22 bits per heavy atom. The van der Waals surface area contributed by atoms with Gasteiger partial charge in [0.1, 0.15) is 11.5 Å². The van der Waals surface area contributed by atoms with Crippen LogP contribution >= 0.6 is 0 Å². The van der Waals surface area contributed by atoms with E-state index in [1.165, 1.54) is 0 Å². The number of hydrogen-bond donors (Lipinski definition) is 0. The first kappa shape index (κ1) is 12.8. The van der Waals surface area contributed by atoms with Gasteiger partial charge in [-0.3, -0.25) is 9.88 Å². The summed E-state index contributed by atoms with van der Waals surface area (Å²) in [5.74, 6) is 2.06. The molecule has 3 nitrogen and oxygen atoms in total. The summed E-state index contributed by atoms with van der Waals surface area (Å²) in [6.07, 6.45) is 2.78. The van der Waals surface area contributed by atoms with Gasteiger partial charge in [-0.25, -0.2) is 0 Å². The normalized spacial score (nSPS) is 12.9. The quantitative estimate of drug-likeness (QED) is 0.807. The van der Waals surface area contributed by atoms with Crippen molar-refractivity contribution in [2.75, 3.05) is 7.05 Å². The number of furan rings is 1. The van der Waals surface area contributed by atoms with E-state index in [4.69, 9.17) is 4.42 Å². The molecule has 0 aliphatic heterocycles. The van der Waals surface area contributed by atoms with E-state index >= 15 is 0 Å². The Bertz CT molecular complexity index is 478. The van der Waals surface area contributed by atoms with Crippen molar-refractivity contribution < 1.29 is 4.42 Å². The topological polar surface area (TPSA) is 29.3 Å². The molecular weight excluding hydrogens is 224 g/mol. The van der Waals surface area contributed by atoms with Crippen LogP contribution in [0, 0.1) is 0 Å². The van der Waals surface area contributed by atoms with Gasteiger partial charge in [0.05, 0.1) is 12.2 Å². The van der Waals surface area contributed by atoms with Gasteiger partial charge in [-0.2, -0.15) is 0 Å². The lowest BCUT2D eigenvalue weighted by Gasteiger charge is -2.23. The van der Waals surface area contributed by atoms with Gasteiger partial charge in [0.25, 0.3) is 0 Å². The summed E-state index contributed by atoms with van der Waals surface area (Å²) in [6.45, 7) is 5.06. The van der Waals surface area contributed by atoms with E-state index in [0.29, 0.717) is 0 Å². The zero-order valence-corrected chi connectivity index (χ0v) is 11.3. The summed E-state index contributed by atoms with van der Waals surface area (Å²) in [4.78, 5) is 6.63. The van der Waals surface area contributed by atoms with Crippen molar-refractivity contribution in [1.82, 2.24) is 9.88 Å². The van der Waals surface area contributed by atoms with Crippen molar-refractivity contribution in [3.05, 3.63) is 53.7 Å². The van der Waals surface area contributed by atoms with Crippen molar-refractivity contribution in [3.63, 3.8) is 0 Å². The summed E-state index contributed by atoms with van der Waals surface area (Å²) >= 11 is 0. The summed E-state index contributed by atoms with van der Waals surface area (Å²) in [5.41, 5.74) is 1.09. The molecule has 0 saturated carbocycles. The number of nitrogens with zero attached hydrogens (tertiary/aromatic N) is 2. The van der Waals surface area contributed by atoms with Crippen LogP contribution in [0.15, 0.2) is 40.9 Å². The number of rotatable bonds is 5. The highest BCUT2D eigenvalue weighted by atomic mass is 16.3. The summed E-state index contributed by atoms with van der Waals surface area (Å²) in [7, 11) is 2.09. The molecule has 0 aliphatic carbocycles. The van der Waals surface area contributed by atoms with Crippen LogP contribution in [0.4, 0.5) is 0 Å². The van der Waals surface area contributed by atoms with Gasteiger partial charge >= 0.3 is 0 Å². The highest BCUT2D eigenvalue weighted by Gasteiger charge is 2.14. The van der Waals surface area contributed by atoms with E-state index < -0.39 is 0 Å². The number of pyridine rings is 1. The highest BCUT2D eigenvalue weighted by Crippen LogP contribution is 2.19. The van der Waals surface area contributed by atoms with E-state index in [0.717, 1.165) is 30.2 Å². The summed E-state index contributed by atoms with van der Waals surface area (Å²) in [5, 5.41) is 0. The monoisotopic (exact) mass is 244 g/mol. The molecule has 2 aromatic heterocycles. The van der Waals surface area contributed by atoms with Crippen LogP contribution in [0.2, 0.25) is 0 Å². The Labute approximate surface area is 108 Å². The summed E-state index contributed by atoms with van der Waals surface area (Å²) < 4.78 is 5.73. The molecule has 0 aliphatic rings.